The first kappa shape index (κ1) is 14.0. The monoisotopic (exact) mass is 299 g/mol. The molecule has 0 saturated heterocycles. The van der Waals surface area contributed by atoms with E-state index in [1.165, 1.54) is 0 Å². The van der Waals surface area contributed by atoms with Crippen LogP contribution in [0.2, 0.25) is 5.02 Å². The van der Waals surface area contributed by atoms with Crippen LogP contribution in [0.15, 0.2) is 35.6 Å². The summed E-state index contributed by atoms with van der Waals surface area (Å²) in [5.74, 6) is 0. The number of sulfonamides is 1. The van der Waals surface area contributed by atoms with Crippen molar-refractivity contribution in [2.45, 2.75) is 18.2 Å². The van der Waals surface area contributed by atoms with Crippen LogP contribution in [0.25, 0.3) is 0 Å². The fourth-order valence-corrected chi connectivity index (χ4v) is 3.23. The van der Waals surface area contributed by atoms with E-state index in [1.54, 1.807) is 37.6 Å². The third-order valence-electron chi connectivity index (χ3n) is 2.75. The minimum atomic E-state index is -3.54. The van der Waals surface area contributed by atoms with Crippen LogP contribution in [0.5, 0.6) is 0 Å². The molecule has 0 amide bonds. The van der Waals surface area contributed by atoms with Gasteiger partial charge in [-0.2, -0.15) is 0 Å². The second-order valence-corrected chi connectivity index (χ2v) is 6.23. The van der Waals surface area contributed by atoms with Gasteiger partial charge in [-0.15, -0.1) is 0 Å². The topological polar surface area (TPSA) is 74.8 Å². The van der Waals surface area contributed by atoms with E-state index in [4.69, 9.17) is 11.6 Å². The Morgan fingerprint density at radius 1 is 1.42 bits per heavy atom. The van der Waals surface area contributed by atoms with Crippen molar-refractivity contribution in [3.63, 3.8) is 0 Å². The highest BCUT2D eigenvalue weighted by atomic mass is 35.5. The Kier molecular flexibility index (Phi) is 4.24. The van der Waals surface area contributed by atoms with Crippen LogP contribution >= 0.6 is 11.6 Å². The molecule has 0 atom stereocenters. The number of nitrogens with one attached hydrogen (secondary N) is 2. The molecule has 0 radical (unpaired) electrons. The zero-order valence-corrected chi connectivity index (χ0v) is 11.9. The highest BCUT2D eigenvalue weighted by molar-refractivity contribution is 7.89. The van der Waals surface area contributed by atoms with E-state index >= 15 is 0 Å². The molecule has 0 aliphatic heterocycles. The average Bonchev–Trinajstić information content (AvgIpc) is 2.85. The number of H-pyrrole nitrogens is 1. The van der Waals surface area contributed by atoms with Crippen LogP contribution in [0.3, 0.4) is 0 Å². The van der Waals surface area contributed by atoms with E-state index in [-0.39, 0.29) is 4.90 Å². The number of hydrogen-bond acceptors (Lipinski definition) is 3. The predicted octanol–water partition coefficient (Wildman–Crippen LogP) is 1.89. The molecule has 0 fully saturated rings. The summed E-state index contributed by atoms with van der Waals surface area (Å²) in [6.45, 7) is 1.99. The van der Waals surface area contributed by atoms with Crippen LogP contribution in [0.1, 0.15) is 11.3 Å². The van der Waals surface area contributed by atoms with Crippen molar-refractivity contribution >= 4 is 21.6 Å². The second kappa shape index (κ2) is 5.73. The molecular formula is C12H14ClN3O2S. The maximum atomic E-state index is 12.1. The van der Waals surface area contributed by atoms with Gasteiger partial charge in [-0.05, 0) is 24.6 Å². The van der Waals surface area contributed by atoms with Crippen LogP contribution < -0.4 is 4.72 Å². The molecule has 102 valence electrons. The fraction of sp³-hybridized carbons (Fsp3) is 0.250. The van der Waals surface area contributed by atoms with Gasteiger partial charge in [-0.1, -0.05) is 17.7 Å². The van der Waals surface area contributed by atoms with Gasteiger partial charge in [-0.25, -0.2) is 18.1 Å². The number of imidazole rings is 1. The van der Waals surface area contributed by atoms with Crippen molar-refractivity contribution in [1.29, 1.82) is 0 Å². The Morgan fingerprint density at radius 3 is 2.89 bits per heavy atom. The molecule has 7 heteroatoms. The van der Waals surface area contributed by atoms with E-state index in [9.17, 15) is 8.42 Å². The van der Waals surface area contributed by atoms with Crippen molar-refractivity contribution in [3.05, 3.63) is 47.0 Å². The molecule has 2 aromatic rings. The number of halogens is 1. The summed E-state index contributed by atoms with van der Waals surface area (Å²) in [4.78, 5) is 7.00. The first-order valence-corrected chi connectivity index (χ1v) is 7.59. The largest absolute Gasteiger partial charge is 0.348 e. The van der Waals surface area contributed by atoms with Gasteiger partial charge in [-0.3, -0.25) is 0 Å². The molecular weight excluding hydrogens is 286 g/mol. The van der Waals surface area contributed by atoms with Crippen molar-refractivity contribution in [2.24, 2.45) is 0 Å². The summed E-state index contributed by atoms with van der Waals surface area (Å²) in [6.07, 6.45) is 3.78. The molecule has 0 aliphatic carbocycles. The zero-order valence-electron chi connectivity index (χ0n) is 10.4. The third kappa shape index (κ3) is 3.34. The lowest BCUT2D eigenvalue weighted by atomic mass is 10.2. The Labute approximate surface area is 117 Å². The van der Waals surface area contributed by atoms with Gasteiger partial charge in [0.05, 0.1) is 11.2 Å². The highest BCUT2D eigenvalue weighted by Gasteiger charge is 2.17. The quantitative estimate of drug-likeness (QED) is 0.885. The van der Waals surface area contributed by atoms with Gasteiger partial charge < -0.3 is 4.98 Å². The lowest BCUT2D eigenvalue weighted by Gasteiger charge is -2.09. The summed E-state index contributed by atoms with van der Waals surface area (Å²) < 4.78 is 26.8. The summed E-state index contributed by atoms with van der Waals surface area (Å²) in [6, 6.07) is 4.83. The molecule has 2 N–H and O–H groups in total. The zero-order chi connectivity index (χ0) is 13.9. The molecule has 0 aliphatic rings. The van der Waals surface area contributed by atoms with Gasteiger partial charge in [0, 0.05) is 29.9 Å². The SMILES string of the molecule is Cc1c(Cl)cccc1S(=O)(=O)NCCc1cnc[nH]1. The molecule has 0 spiro atoms. The van der Waals surface area contributed by atoms with Crippen molar-refractivity contribution in [2.75, 3.05) is 6.54 Å². The minimum Gasteiger partial charge on any atom is -0.348 e. The molecule has 1 heterocycles. The van der Waals surface area contributed by atoms with Gasteiger partial charge >= 0.3 is 0 Å². The van der Waals surface area contributed by atoms with Crippen LogP contribution in [0, 0.1) is 6.92 Å². The number of benzene rings is 1. The lowest BCUT2D eigenvalue weighted by molar-refractivity contribution is 0.580. The number of rotatable bonds is 5. The van der Waals surface area contributed by atoms with Crippen molar-refractivity contribution in [1.82, 2.24) is 14.7 Å². The smallest absolute Gasteiger partial charge is 0.240 e. The Balaban J connectivity index is 2.08. The van der Waals surface area contributed by atoms with Gasteiger partial charge in [0.25, 0.3) is 0 Å². The number of nitrogens with zero attached hydrogens (tertiary/aromatic N) is 1. The fourth-order valence-electron chi connectivity index (χ4n) is 1.70. The Bertz CT molecular complexity index is 654. The van der Waals surface area contributed by atoms with Crippen LogP contribution in [0.4, 0.5) is 0 Å². The first-order chi connectivity index (χ1) is 9.00. The molecule has 19 heavy (non-hydrogen) atoms. The van der Waals surface area contributed by atoms with E-state index in [0.717, 1.165) is 5.69 Å². The summed E-state index contributed by atoms with van der Waals surface area (Å²) in [5, 5.41) is 0.441. The molecule has 5 nitrogen and oxygen atoms in total. The molecule has 1 aromatic carbocycles. The number of aromatic nitrogens is 2. The van der Waals surface area contributed by atoms with Crippen LogP contribution in [-0.2, 0) is 16.4 Å². The molecule has 0 saturated carbocycles. The summed E-state index contributed by atoms with van der Waals surface area (Å²) in [7, 11) is -3.54. The molecule has 0 bridgehead atoms. The predicted molar refractivity (Wildman–Crippen MR) is 73.7 cm³/mol. The van der Waals surface area contributed by atoms with E-state index < -0.39 is 10.0 Å². The highest BCUT2D eigenvalue weighted by Crippen LogP contribution is 2.22. The number of hydrogen-bond donors (Lipinski definition) is 2. The first-order valence-electron chi connectivity index (χ1n) is 5.73. The lowest BCUT2D eigenvalue weighted by Crippen LogP contribution is -2.26. The average molecular weight is 300 g/mol. The number of aromatic amines is 1. The summed E-state index contributed by atoms with van der Waals surface area (Å²) in [5.41, 5.74) is 1.43. The molecule has 0 unspecified atom stereocenters. The summed E-state index contributed by atoms with van der Waals surface area (Å²) >= 11 is 5.93. The maximum Gasteiger partial charge on any atom is 0.240 e. The third-order valence-corrected chi connectivity index (χ3v) is 4.76. The van der Waals surface area contributed by atoms with E-state index in [0.29, 0.717) is 23.6 Å². The molecule has 2 rings (SSSR count). The van der Waals surface area contributed by atoms with Gasteiger partial charge in [0.2, 0.25) is 10.0 Å². The van der Waals surface area contributed by atoms with Gasteiger partial charge in [0.15, 0.2) is 0 Å². The van der Waals surface area contributed by atoms with Crippen molar-refractivity contribution < 1.29 is 8.42 Å². The molecule has 1 aromatic heterocycles. The maximum absolute atomic E-state index is 12.1. The standard InChI is InChI=1S/C12H14ClN3O2S/c1-9-11(13)3-2-4-12(9)19(17,18)16-6-5-10-7-14-8-15-10/h2-4,7-8,16H,5-6H2,1H3,(H,14,15). The van der Waals surface area contributed by atoms with Gasteiger partial charge in [0.1, 0.15) is 0 Å². The minimum absolute atomic E-state index is 0.213. The van der Waals surface area contributed by atoms with Crippen molar-refractivity contribution in [3.8, 4) is 0 Å². The second-order valence-electron chi connectivity index (χ2n) is 4.09. The van der Waals surface area contributed by atoms with Crippen LogP contribution in [-0.4, -0.2) is 24.9 Å². The normalized spacial score (nSPS) is 11.7. The van der Waals surface area contributed by atoms with E-state index in [1.807, 2.05) is 0 Å². The van der Waals surface area contributed by atoms with E-state index in [2.05, 4.69) is 14.7 Å². The Morgan fingerprint density at radius 2 is 2.21 bits per heavy atom. The Hall–Kier alpha value is -1.37.